The highest BCUT2D eigenvalue weighted by Gasteiger charge is 2.43. The first-order valence-electron chi connectivity index (χ1n) is 14.7. The lowest BCUT2D eigenvalue weighted by Crippen LogP contribution is -2.57. The third-order valence-electron chi connectivity index (χ3n) is 8.23. The van der Waals surface area contributed by atoms with E-state index in [1.54, 1.807) is 17.0 Å². The highest BCUT2D eigenvalue weighted by Crippen LogP contribution is 2.49. The van der Waals surface area contributed by atoms with Crippen LogP contribution < -0.4 is 25.4 Å². The fraction of sp³-hybridized carbons (Fsp3) is 0.406. The van der Waals surface area contributed by atoms with E-state index in [9.17, 15) is 4.39 Å². The number of nitrogens with two attached hydrogens (primary N) is 1. The zero-order chi connectivity index (χ0) is 30.1. The van der Waals surface area contributed by atoms with Gasteiger partial charge in [0.1, 0.15) is 24.8 Å². The Bertz CT molecular complexity index is 1450. The van der Waals surface area contributed by atoms with Gasteiger partial charge in [-0.2, -0.15) is 0 Å². The second-order valence-electron chi connectivity index (χ2n) is 11.3. The minimum Gasteiger partial charge on any atom is -0.486 e. The van der Waals surface area contributed by atoms with Crippen LogP contribution in [0.25, 0.3) is 0 Å². The van der Waals surface area contributed by atoms with Crippen LogP contribution in [-0.4, -0.2) is 56.3 Å². The van der Waals surface area contributed by atoms with E-state index in [1.165, 1.54) is 42.6 Å². The number of likely N-dealkylation sites (tertiary alicyclic amines) is 1. The van der Waals surface area contributed by atoms with E-state index < -0.39 is 28.9 Å². The first kappa shape index (κ1) is 29.3. The summed E-state index contributed by atoms with van der Waals surface area (Å²) in [6, 6.07) is 11.5. The first-order chi connectivity index (χ1) is 20.8. The summed E-state index contributed by atoms with van der Waals surface area (Å²) >= 11 is 0. The smallest absolute Gasteiger partial charge is 0.191 e. The molecule has 3 aliphatic heterocycles. The van der Waals surface area contributed by atoms with Crippen LogP contribution in [0.3, 0.4) is 0 Å². The molecule has 1 unspecified atom stereocenters. The number of nitrogens with zero attached hydrogens (tertiary/aromatic N) is 2. The molecule has 11 heteroatoms. The van der Waals surface area contributed by atoms with E-state index in [2.05, 4.69) is 17.1 Å². The van der Waals surface area contributed by atoms with E-state index in [4.69, 9.17) is 25.4 Å². The van der Waals surface area contributed by atoms with Gasteiger partial charge >= 0.3 is 0 Å². The molecular formula is C32H36F3N5O3. The normalized spacial score (nSPS) is 22.3. The summed E-state index contributed by atoms with van der Waals surface area (Å²) in [7, 11) is 0. The average Bonchev–Trinajstić information content (AvgIpc) is 2.98. The fourth-order valence-electron chi connectivity index (χ4n) is 6.05. The number of anilines is 3. The lowest BCUT2D eigenvalue weighted by atomic mass is 9.94. The third-order valence-corrected chi connectivity index (χ3v) is 8.23. The van der Waals surface area contributed by atoms with Crippen LogP contribution in [0.15, 0.2) is 48.5 Å². The van der Waals surface area contributed by atoms with Crippen LogP contribution in [0.5, 0.6) is 11.5 Å². The second kappa shape index (κ2) is 12.1. The summed E-state index contributed by atoms with van der Waals surface area (Å²) in [5.41, 5.74) is 7.59. The second-order valence-corrected chi connectivity index (χ2v) is 11.3. The number of ether oxygens (including phenoxy) is 3. The van der Waals surface area contributed by atoms with E-state index in [1.807, 2.05) is 0 Å². The molecule has 2 atom stereocenters. The van der Waals surface area contributed by atoms with Crippen molar-refractivity contribution >= 4 is 23.3 Å². The molecule has 2 saturated heterocycles. The molecule has 2 fully saturated rings. The van der Waals surface area contributed by atoms with E-state index in [0.717, 1.165) is 32.2 Å². The van der Waals surface area contributed by atoms with Crippen molar-refractivity contribution in [3.05, 3.63) is 77.1 Å². The zero-order valence-corrected chi connectivity index (χ0v) is 24.0. The SMILES string of the molecule is CCCN1CC(Oc2c(F)cc(N3c4ccc(NC5CCCCO5)c(C=N)c4OC[C@@]3(N)c3ccc(F)cc3)cc2F)C1. The van der Waals surface area contributed by atoms with Crippen LogP contribution in [0, 0.1) is 22.9 Å². The minimum atomic E-state index is -1.47. The fourth-order valence-corrected chi connectivity index (χ4v) is 6.05. The molecule has 4 N–H and O–H groups in total. The van der Waals surface area contributed by atoms with E-state index in [-0.39, 0.29) is 24.6 Å². The molecule has 6 rings (SSSR count). The number of rotatable bonds is 9. The molecule has 0 aliphatic carbocycles. The lowest BCUT2D eigenvalue weighted by molar-refractivity contribution is 0.0154. The van der Waals surface area contributed by atoms with Gasteiger partial charge in [-0.25, -0.2) is 13.2 Å². The molecule has 0 bridgehead atoms. The van der Waals surface area contributed by atoms with Crippen molar-refractivity contribution in [2.75, 3.05) is 43.1 Å². The highest BCUT2D eigenvalue weighted by molar-refractivity contribution is 5.95. The predicted octanol–water partition coefficient (Wildman–Crippen LogP) is 5.86. The standard InChI is InChI=1S/C32H36F3N5O3/c1-2-12-39-17-23(18-39)43-31-25(34)14-22(15-26(31)35)40-28-11-10-27(38-29-5-3-4-13-41-29)24(16-36)30(28)42-19-32(40,37)20-6-8-21(33)9-7-20/h6-11,14-16,23,29,36,38H,2-5,12-13,17-19,37H2,1H3/t29?,32-/m0/s1. The van der Waals surface area contributed by atoms with E-state index in [0.29, 0.717) is 47.9 Å². The van der Waals surface area contributed by atoms with Crippen molar-refractivity contribution in [2.24, 2.45) is 5.73 Å². The molecular weight excluding hydrogens is 559 g/mol. The van der Waals surface area contributed by atoms with Crippen molar-refractivity contribution in [3.63, 3.8) is 0 Å². The topological polar surface area (TPSA) is 96.1 Å². The van der Waals surface area contributed by atoms with Gasteiger partial charge < -0.3 is 35.6 Å². The number of hydrogen-bond acceptors (Lipinski definition) is 8. The molecule has 3 heterocycles. The first-order valence-corrected chi connectivity index (χ1v) is 14.7. The number of benzene rings is 3. The molecule has 0 spiro atoms. The largest absolute Gasteiger partial charge is 0.486 e. The van der Waals surface area contributed by atoms with Gasteiger partial charge in [0.05, 0.1) is 11.3 Å². The molecule has 8 nitrogen and oxygen atoms in total. The summed E-state index contributed by atoms with van der Waals surface area (Å²) in [6.07, 6.45) is 4.49. The van der Waals surface area contributed by atoms with Gasteiger partial charge in [-0.3, -0.25) is 4.90 Å². The monoisotopic (exact) mass is 595 g/mol. The minimum absolute atomic E-state index is 0.118. The summed E-state index contributed by atoms with van der Waals surface area (Å²) in [4.78, 5) is 3.74. The third kappa shape index (κ3) is 5.64. The molecule has 228 valence electrons. The number of halogens is 3. The molecule has 3 aliphatic rings. The molecule has 0 aromatic heterocycles. The summed E-state index contributed by atoms with van der Waals surface area (Å²) in [5.74, 6) is -2.28. The van der Waals surface area contributed by atoms with Crippen molar-refractivity contribution in [1.29, 1.82) is 5.41 Å². The molecule has 3 aromatic carbocycles. The van der Waals surface area contributed by atoms with Crippen LogP contribution in [0.1, 0.15) is 43.7 Å². The maximum atomic E-state index is 15.6. The van der Waals surface area contributed by atoms with E-state index >= 15 is 8.78 Å². The van der Waals surface area contributed by atoms with Crippen LogP contribution in [-0.2, 0) is 10.4 Å². The van der Waals surface area contributed by atoms with Gasteiger partial charge in [-0.1, -0.05) is 19.1 Å². The van der Waals surface area contributed by atoms with Gasteiger partial charge in [-0.15, -0.1) is 0 Å². The summed E-state index contributed by atoms with van der Waals surface area (Å²) < 4.78 is 62.8. The Balaban J connectivity index is 1.40. The van der Waals surface area contributed by atoms with Crippen molar-refractivity contribution < 1.29 is 27.4 Å². The molecule has 43 heavy (non-hydrogen) atoms. The Labute approximate surface area is 249 Å². The number of nitrogens with one attached hydrogen (secondary N) is 2. The highest BCUT2D eigenvalue weighted by atomic mass is 19.1. The molecule has 0 amide bonds. The van der Waals surface area contributed by atoms with Crippen LogP contribution >= 0.6 is 0 Å². The Morgan fingerprint density at radius 3 is 2.49 bits per heavy atom. The Kier molecular flexibility index (Phi) is 8.21. The number of hydrogen-bond donors (Lipinski definition) is 3. The Hall–Kier alpha value is -3.80. The number of fused-ring (bicyclic) bond motifs is 1. The van der Waals surface area contributed by atoms with Crippen LogP contribution in [0.2, 0.25) is 0 Å². The maximum Gasteiger partial charge on any atom is 0.191 e. The predicted molar refractivity (Wildman–Crippen MR) is 159 cm³/mol. The van der Waals surface area contributed by atoms with Crippen LogP contribution in [0.4, 0.5) is 30.2 Å². The zero-order valence-electron chi connectivity index (χ0n) is 24.0. The van der Waals surface area contributed by atoms with Gasteiger partial charge in [-0.05, 0) is 62.1 Å². The van der Waals surface area contributed by atoms with Gasteiger partial charge in [0.2, 0.25) is 0 Å². The quantitative estimate of drug-likeness (QED) is 0.267. The van der Waals surface area contributed by atoms with Crippen molar-refractivity contribution in [1.82, 2.24) is 4.90 Å². The average molecular weight is 596 g/mol. The molecule has 0 saturated carbocycles. The van der Waals surface area contributed by atoms with Gasteiger partial charge in [0, 0.05) is 49.4 Å². The van der Waals surface area contributed by atoms with Crippen molar-refractivity contribution in [2.45, 2.75) is 50.6 Å². The Morgan fingerprint density at radius 1 is 1.09 bits per heavy atom. The van der Waals surface area contributed by atoms with Crippen molar-refractivity contribution in [3.8, 4) is 11.5 Å². The Morgan fingerprint density at radius 2 is 1.84 bits per heavy atom. The van der Waals surface area contributed by atoms with Gasteiger partial charge in [0.15, 0.2) is 28.8 Å². The maximum absolute atomic E-state index is 15.6. The lowest BCUT2D eigenvalue weighted by Gasteiger charge is -2.47. The summed E-state index contributed by atoms with van der Waals surface area (Å²) in [6.45, 7) is 4.70. The molecule has 3 aromatic rings. The summed E-state index contributed by atoms with van der Waals surface area (Å²) in [5, 5.41) is 11.6. The van der Waals surface area contributed by atoms with Gasteiger partial charge in [0.25, 0.3) is 0 Å². The molecule has 0 radical (unpaired) electrons.